The van der Waals surface area contributed by atoms with Gasteiger partial charge in [-0.3, -0.25) is 0 Å². The first-order valence-electron chi connectivity index (χ1n) is 23.9. The summed E-state index contributed by atoms with van der Waals surface area (Å²) in [5.41, 5.74) is 7.11. The molecule has 10 rings (SSSR count). The molecule has 0 aromatic heterocycles. The second kappa shape index (κ2) is 22.0. The molecule has 8 aromatic carbocycles. The van der Waals surface area contributed by atoms with E-state index in [9.17, 15) is 19.2 Å². The molecule has 0 spiro atoms. The third-order valence-electron chi connectivity index (χ3n) is 13.5. The molecule has 0 N–H and O–H groups in total. The van der Waals surface area contributed by atoms with Crippen molar-refractivity contribution in [1.82, 2.24) is 0 Å². The van der Waals surface area contributed by atoms with E-state index in [1.807, 2.05) is 252 Å². The number of esters is 4. The van der Waals surface area contributed by atoms with Crippen LogP contribution in [0.3, 0.4) is 0 Å². The third kappa shape index (κ3) is 8.57. The second-order valence-corrected chi connectivity index (χ2v) is 20.3. The van der Waals surface area contributed by atoms with E-state index in [0.29, 0.717) is 11.4 Å². The van der Waals surface area contributed by atoms with Gasteiger partial charge in [0.1, 0.15) is 0 Å². The van der Waals surface area contributed by atoms with Gasteiger partial charge in [0.05, 0.1) is 50.0 Å². The predicted octanol–water partition coefficient (Wildman–Crippen LogP) is 11.9. The van der Waals surface area contributed by atoms with Crippen molar-refractivity contribution in [2.75, 3.05) is 38.2 Å². The van der Waals surface area contributed by atoms with Crippen molar-refractivity contribution in [3.8, 4) is 0 Å². The maximum Gasteiger partial charge on any atom is 0.354 e. The average molecular weight is 1020 g/mol. The number of para-hydroxylation sites is 2. The first-order chi connectivity index (χ1) is 36.2. The van der Waals surface area contributed by atoms with E-state index in [4.69, 9.17) is 18.9 Å². The minimum Gasteiger partial charge on any atom is -0.466 e. The molecule has 2 heterocycles. The van der Waals surface area contributed by atoms with Gasteiger partial charge in [-0.05, 0) is 57.6 Å². The molecule has 0 aliphatic carbocycles. The van der Waals surface area contributed by atoms with Gasteiger partial charge in [0.15, 0.2) is 0 Å². The Kier molecular flexibility index (Phi) is 15.1. The Balaban J connectivity index is 0.000000182. The van der Waals surface area contributed by atoms with Crippen molar-refractivity contribution in [1.29, 1.82) is 0 Å². The number of hydrogen-bond acceptors (Lipinski definition) is 12. The van der Waals surface area contributed by atoms with Crippen molar-refractivity contribution in [3.05, 3.63) is 276 Å². The second-order valence-electron chi connectivity index (χ2n) is 17.4. The summed E-state index contributed by atoms with van der Waals surface area (Å²) in [6.07, 6.45) is 0. The fraction of sp³-hybridized carbons (Fsp3) is 0.161. The first-order valence-corrected chi connectivity index (χ1v) is 25.6. The molecular weight excluding hydrogens is 965 g/mol. The van der Waals surface area contributed by atoms with Gasteiger partial charge in [0, 0.05) is 11.4 Å². The highest BCUT2D eigenvalue weighted by Crippen LogP contribution is 2.69. The highest BCUT2D eigenvalue weighted by atomic mass is 32.2. The van der Waals surface area contributed by atoms with Crippen molar-refractivity contribution in [2.24, 2.45) is 0 Å². The van der Waals surface area contributed by atoms with E-state index in [0.717, 1.165) is 33.4 Å². The molecule has 12 heteroatoms. The summed E-state index contributed by atoms with van der Waals surface area (Å²) in [4.78, 5) is 55.6. The van der Waals surface area contributed by atoms with E-state index in [-0.39, 0.29) is 0 Å². The SMILES string of the molecule is COC(=O)C1(C(=O)OC)SC(c2ccccc2)(c2ccccc2)[C@@H](c2ccccc2)N1c1ccccc1.COC(=O)C1(C(=O)OC)SC(c2ccccc2)(c2ccccc2)[C@H](c2ccccc2)N1c1ccccc1. The molecule has 2 aliphatic rings. The normalized spacial score (nSPS) is 17.7. The standard InChI is InChI=1S/2C31H27NO4S/c2*1-35-28(33)31(29(34)36-2)32(26-21-13-6-14-22-26)27(23-15-7-3-8-16-23)30(37-31,24-17-9-4-10-18-24)25-19-11-5-12-20-25/h2*3-22,27H,1-2H3/t2*27-/m10/s1. The molecule has 8 aromatic rings. The van der Waals surface area contributed by atoms with Gasteiger partial charge in [-0.15, -0.1) is 0 Å². The van der Waals surface area contributed by atoms with E-state index in [1.54, 1.807) is 0 Å². The third-order valence-corrected chi connectivity index (χ3v) is 17.2. The summed E-state index contributed by atoms with van der Waals surface area (Å²) >= 11 is 2.52. The number of benzene rings is 8. The van der Waals surface area contributed by atoms with Crippen LogP contribution in [-0.2, 0) is 47.6 Å². The number of carbonyl (C=O) groups is 4. The van der Waals surface area contributed by atoms with Gasteiger partial charge in [0.2, 0.25) is 0 Å². The molecule has 0 radical (unpaired) electrons. The number of carbonyl (C=O) groups excluding carboxylic acids is 4. The number of rotatable bonds is 12. The van der Waals surface area contributed by atoms with Crippen LogP contribution in [0.25, 0.3) is 0 Å². The van der Waals surface area contributed by atoms with Crippen molar-refractivity contribution < 1.29 is 38.1 Å². The summed E-state index contributed by atoms with van der Waals surface area (Å²) < 4.78 is 19.7. The lowest BCUT2D eigenvalue weighted by Crippen LogP contribution is -2.56. The Morgan fingerprint density at radius 2 is 0.527 bits per heavy atom. The topological polar surface area (TPSA) is 112 Å². The number of methoxy groups -OCH3 is 4. The van der Waals surface area contributed by atoms with Gasteiger partial charge in [-0.2, -0.15) is 0 Å². The van der Waals surface area contributed by atoms with E-state index in [1.165, 1.54) is 52.0 Å². The molecule has 2 atom stereocenters. The fourth-order valence-corrected chi connectivity index (χ4v) is 14.4. The Morgan fingerprint density at radius 1 is 0.324 bits per heavy atom. The van der Waals surface area contributed by atoms with Gasteiger partial charge < -0.3 is 28.7 Å². The van der Waals surface area contributed by atoms with Crippen molar-refractivity contribution in [3.63, 3.8) is 0 Å². The Bertz CT molecular complexity index is 2830. The van der Waals surface area contributed by atoms with Crippen LogP contribution in [0.1, 0.15) is 45.5 Å². The monoisotopic (exact) mass is 1020 g/mol. The molecule has 372 valence electrons. The van der Waals surface area contributed by atoms with Gasteiger partial charge in [-0.1, -0.05) is 242 Å². The molecular formula is C62H54N2O8S2. The summed E-state index contributed by atoms with van der Waals surface area (Å²) in [6.45, 7) is 0. The summed E-state index contributed by atoms with van der Waals surface area (Å²) in [6, 6.07) is 78.0. The zero-order valence-corrected chi connectivity index (χ0v) is 42.9. The van der Waals surface area contributed by atoms with Crippen molar-refractivity contribution >= 4 is 58.8 Å². The summed E-state index contributed by atoms with van der Waals surface area (Å²) in [5, 5.41) is 0. The summed E-state index contributed by atoms with van der Waals surface area (Å²) in [5.74, 6) is -2.77. The lowest BCUT2D eigenvalue weighted by Gasteiger charge is -2.40. The Morgan fingerprint density at radius 3 is 0.743 bits per heavy atom. The predicted molar refractivity (Wildman–Crippen MR) is 292 cm³/mol. The van der Waals surface area contributed by atoms with Gasteiger partial charge >= 0.3 is 23.9 Å². The molecule has 74 heavy (non-hydrogen) atoms. The van der Waals surface area contributed by atoms with Crippen LogP contribution in [0.4, 0.5) is 11.4 Å². The molecule has 0 unspecified atom stereocenters. The number of anilines is 2. The summed E-state index contributed by atoms with van der Waals surface area (Å²) in [7, 11) is 5.22. The van der Waals surface area contributed by atoms with Gasteiger partial charge in [0.25, 0.3) is 9.74 Å². The minimum atomic E-state index is -1.82. The Labute approximate surface area is 440 Å². The molecule has 0 amide bonds. The van der Waals surface area contributed by atoms with Crippen LogP contribution in [0.2, 0.25) is 0 Å². The van der Waals surface area contributed by atoms with E-state index >= 15 is 0 Å². The quantitative estimate of drug-likeness (QED) is 0.0660. The van der Waals surface area contributed by atoms with Crippen LogP contribution >= 0.6 is 23.5 Å². The average Bonchev–Trinajstić information content (AvgIpc) is 4.06. The maximum atomic E-state index is 13.9. The van der Waals surface area contributed by atoms with Crippen LogP contribution in [0.5, 0.6) is 0 Å². The fourth-order valence-electron chi connectivity index (χ4n) is 10.5. The minimum absolute atomic E-state index is 0.482. The lowest BCUT2D eigenvalue weighted by molar-refractivity contribution is -0.157. The first kappa shape index (κ1) is 50.9. The van der Waals surface area contributed by atoms with E-state index < -0.39 is 55.2 Å². The number of ether oxygens (including phenoxy) is 4. The van der Waals surface area contributed by atoms with Crippen LogP contribution in [0, 0.1) is 0 Å². The molecule has 2 fully saturated rings. The van der Waals surface area contributed by atoms with Crippen LogP contribution in [-0.4, -0.2) is 62.1 Å². The van der Waals surface area contributed by atoms with Gasteiger partial charge in [-0.25, -0.2) is 19.2 Å². The van der Waals surface area contributed by atoms with Crippen LogP contribution < -0.4 is 9.80 Å². The highest BCUT2D eigenvalue weighted by molar-refractivity contribution is 8.04. The number of hydrogen-bond donors (Lipinski definition) is 0. The van der Waals surface area contributed by atoms with Crippen LogP contribution in [0.15, 0.2) is 243 Å². The highest BCUT2D eigenvalue weighted by Gasteiger charge is 2.72. The molecule has 10 nitrogen and oxygen atoms in total. The molecule has 2 saturated heterocycles. The zero-order chi connectivity index (χ0) is 51.8. The smallest absolute Gasteiger partial charge is 0.354 e. The molecule has 2 aliphatic heterocycles. The molecule has 0 saturated carbocycles. The van der Waals surface area contributed by atoms with Crippen molar-refractivity contribution in [2.45, 2.75) is 31.3 Å². The maximum absolute atomic E-state index is 13.9. The number of thioether (sulfide) groups is 2. The molecule has 0 bridgehead atoms. The number of nitrogens with zero attached hydrogens (tertiary/aromatic N) is 2. The van der Waals surface area contributed by atoms with E-state index in [2.05, 4.69) is 0 Å². The zero-order valence-electron chi connectivity index (χ0n) is 41.2. The largest absolute Gasteiger partial charge is 0.466 e. The lowest BCUT2D eigenvalue weighted by atomic mass is 9.79. The Hall–Kier alpha value is -8.06.